The van der Waals surface area contributed by atoms with Gasteiger partial charge in [0.15, 0.2) is 17.3 Å². The number of carbonyl (C=O) groups is 2. The Morgan fingerprint density at radius 3 is 2.68 bits per heavy atom. The summed E-state index contributed by atoms with van der Waals surface area (Å²) in [6.45, 7) is 10.6. The van der Waals surface area contributed by atoms with Gasteiger partial charge in [-0.25, -0.2) is 0 Å². The van der Waals surface area contributed by atoms with Crippen molar-refractivity contribution in [3.8, 4) is 11.5 Å². The maximum atomic E-state index is 13.3. The molecule has 1 heterocycles. The van der Waals surface area contributed by atoms with Crippen molar-refractivity contribution in [2.75, 3.05) is 13.2 Å². The van der Waals surface area contributed by atoms with Gasteiger partial charge in [0.1, 0.15) is 5.92 Å². The number of phenols is 1. The van der Waals surface area contributed by atoms with Crippen LogP contribution in [0.4, 0.5) is 0 Å². The van der Waals surface area contributed by atoms with E-state index >= 15 is 0 Å². The Bertz CT molecular complexity index is 928. The number of hydrogen-bond donors (Lipinski definition) is 1. The molecule has 3 rings (SSSR count). The minimum absolute atomic E-state index is 0.0184. The normalized spacial score (nSPS) is 22.6. The van der Waals surface area contributed by atoms with E-state index in [-0.39, 0.29) is 22.9 Å². The second kappa shape index (κ2) is 9.25. The van der Waals surface area contributed by atoms with Gasteiger partial charge in [0.25, 0.3) is 0 Å². The van der Waals surface area contributed by atoms with Crippen LogP contribution in [0.25, 0.3) is 0 Å². The first-order chi connectivity index (χ1) is 14.7. The van der Waals surface area contributed by atoms with Crippen LogP contribution in [0.3, 0.4) is 0 Å². The molecule has 0 radical (unpaired) electrons. The number of Topliss-reactive ketones (excluding diaryl/α,β-unsaturated/α-hetero) is 1. The average Bonchev–Trinajstić information content (AvgIpc) is 2.68. The molecule has 0 spiro atoms. The fourth-order valence-corrected chi connectivity index (χ4v) is 4.51. The molecule has 6 heteroatoms. The number of hydrogen-bond acceptors (Lipinski definition) is 6. The predicted octanol–water partition coefficient (Wildman–Crippen LogP) is 4.95. The molecule has 168 valence electrons. The number of aliphatic imine (C=N–C) groups is 1. The number of ether oxygens (including phenoxy) is 2. The third-order valence-electron chi connectivity index (χ3n) is 5.94. The molecule has 0 saturated carbocycles. The molecular formula is C25H33NO5. The lowest BCUT2D eigenvalue weighted by Crippen LogP contribution is -2.39. The molecule has 1 aromatic rings. The Kier molecular flexibility index (Phi) is 6.87. The molecule has 2 atom stereocenters. The van der Waals surface area contributed by atoms with E-state index in [1.165, 1.54) is 0 Å². The standard InChI is InChI=1S/C25H33NO5/c1-6-8-11-31-24(29)21-15(3)26-17-13-25(4,5)14-19(28)23(17)22(21)16-9-10-18(27)20(12-16)30-7-2/h9-10,12,21-22,27H,6-8,11,13-14H2,1-5H3/t21?,22-/m1/s1. The molecule has 1 aromatic carbocycles. The van der Waals surface area contributed by atoms with Crippen molar-refractivity contribution in [1.29, 1.82) is 0 Å². The van der Waals surface area contributed by atoms with Crippen molar-refractivity contribution in [2.45, 2.75) is 66.2 Å². The number of allylic oxidation sites excluding steroid dienone is 2. The maximum Gasteiger partial charge on any atom is 0.315 e. The van der Waals surface area contributed by atoms with Crippen LogP contribution in [0.5, 0.6) is 11.5 Å². The number of esters is 1. The largest absolute Gasteiger partial charge is 0.504 e. The zero-order valence-corrected chi connectivity index (χ0v) is 19.2. The van der Waals surface area contributed by atoms with Gasteiger partial charge in [0.05, 0.1) is 13.2 Å². The Balaban J connectivity index is 2.11. The van der Waals surface area contributed by atoms with Gasteiger partial charge in [-0.1, -0.05) is 33.3 Å². The number of nitrogens with zero attached hydrogens (tertiary/aromatic N) is 1. The Labute approximate surface area is 184 Å². The average molecular weight is 428 g/mol. The summed E-state index contributed by atoms with van der Waals surface area (Å²) in [6, 6.07) is 5.04. The van der Waals surface area contributed by atoms with Crippen molar-refractivity contribution in [2.24, 2.45) is 16.3 Å². The van der Waals surface area contributed by atoms with E-state index in [2.05, 4.69) is 13.8 Å². The molecule has 6 nitrogen and oxygen atoms in total. The molecular weight excluding hydrogens is 394 g/mol. The topological polar surface area (TPSA) is 85.2 Å². The van der Waals surface area contributed by atoms with E-state index < -0.39 is 11.8 Å². The lowest BCUT2D eigenvalue weighted by Gasteiger charge is -2.39. The van der Waals surface area contributed by atoms with E-state index in [0.717, 1.165) is 24.1 Å². The summed E-state index contributed by atoms with van der Waals surface area (Å²) in [7, 11) is 0. The van der Waals surface area contributed by atoms with Gasteiger partial charge in [-0.05, 0) is 49.8 Å². The fraction of sp³-hybridized carbons (Fsp3) is 0.560. The first-order valence-electron chi connectivity index (χ1n) is 11.1. The van der Waals surface area contributed by atoms with Crippen LogP contribution in [0.1, 0.15) is 71.8 Å². The van der Waals surface area contributed by atoms with E-state index in [9.17, 15) is 14.7 Å². The first kappa shape index (κ1) is 23.0. The number of unbranched alkanes of at least 4 members (excludes halogenated alkanes) is 1. The number of aromatic hydroxyl groups is 1. The van der Waals surface area contributed by atoms with Crippen molar-refractivity contribution < 1.29 is 24.2 Å². The van der Waals surface area contributed by atoms with Gasteiger partial charge in [-0.2, -0.15) is 0 Å². The zero-order valence-electron chi connectivity index (χ0n) is 19.2. The molecule has 1 aliphatic heterocycles. The highest BCUT2D eigenvalue weighted by atomic mass is 16.5. The SMILES string of the molecule is CCCCOC(=O)C1C(C)=NC2=C(C(=O)CC(C)(C)C2)[C@@H]1c1ccc(O)c(OCC)c1. The number of rotatable bonds is 7. The molecule has 1 N–H and O–H groups in total. The summed E-state index contributed by atoms with van der Waals surface area (Å²) in [5.41, 5.74) is 2.57. The van der Waals surface area contributed by atoms with Gasteiger partial charge < -0.3 is 14.6 Å². The van der Waals surface area contributed by atoms with Crippen molar-refractivity contribution >= 4 is 17.5 Å². The van der Waals surface area contributed by atoms with E-state index in [1.807, 2.05) is 20.8 Å². The highest BCUT2D eigenvalue weighted by Gasteiger charge is 2.46. The summed E-state index contributed by atoms with van der Waals surface area (Å²) >= 11 is 0. The maximum absolute atomic E-state index is 13.3. The van der Waals surface area contributed by atoms with E-state index in [1.54, 1.807) is 18.2 Å². The third kappa shape index (κ3) is 4.83. The van der Waals surface area contributed by atoms with Crippen LogP contribution in [-0.4, -0.2) is 35.8 Å². The van der Waals surface area contributed by atoms with Crippen molar-refractivity contribution in [1.82, 2.24) is 0 Å². The minimum Gasteiger partial charge on any atom is -0.504 e. The van der Waals surface area contributed by atoms with Crippen molar-refractivity contribution in [3.63, 3.8) is 0 Å². The molecule has 0 aromatic heterocycles. The monoisotopic (exact) mass is 427 g/mol. The van der Waals surface area contributed by atoms with Crippen LogP contribution < -0.4 is 4.74 Å². The highest BCUT2D eigenvalue weighted by Crippen LogP contribution is 2.48. The summed E-state index contributed by atoms with van der Waals surface area (Å²) in [5.74, 6) is -1.17. The van der Waals surface area contributed by atoms with E-state index in [0.29, 0.717) is 43.1 Å². The van der Waals surface area contributed by atoms with Gasteiger partial charge in [0, 0.05) is 29.3 Å². The van der Waals surface area contributed by atoms with Crippen LogP contribution in [0.15, 0.2) is 34.5 Å². The summed E-state index contributed by atoms with van der Waals surface area (Å²) in [5, 5.41) is 10.2. The Morgan fingerprint density at radius 2 is 2.00 bits per heavy atom. The first-order valence-corrected chi connectivity index (χ1v) is 11.1. The van der Waals surface area contributed by atoms with E-state index in [4.69, 9.17) is 14.5 Å². The lowest BCUT2D eigenvalue weighted by molar-refractivity contribution is -0.146. The lowest BCUT2D eigenvalue weighted by atomic mass is 9.67. The summed E-state index contributed by atoms with van der Waals surface area (Å²) in [6.07, 6.45) is 2.79. The summed E-state index contributed by atoms with van der Waals surface area (Å²) in [4.78, 5) is 31.1. The second-order valence-corrected chi connectivity index (χ2v) is 9.19. The number of carbonyl (C=O) groups excluding carboxylic acids is 2. The summed E-state index contributed by atoms with van der Waals surface area (Å²) < 4.78 is 11.1. The number of benzene rings is 1. The molecule has 0 fully saturated rings. The molecule has 1 unspecified atom stereocenters. The molecule has 0 amide bonds. The van der Waals surface area contributed by atoms with Crippen molar-refractivity contribution in [3.05, 3.63) is 35.0 Å². The van der Waals surface area contributed by atoms with Crippen LogP contribution in [-0.2, 0) is 14.3 Å². The number of ketones is 1. The third-order valence-corrected chi connectivity index (χ3v) is 5.94. The molecule has 0 saturated heterocycles. The molecule has 31 heavy (non-hydrogen) atoms. The highest BCUT2D eigenvalue weighted by molar-refractivity contribution is 6.09. The second-order valence-electron chi connectivity index (χ2n) is 9.19. The zero-order chi connectivity index (χ0) is 22.8. The molecule has 1 aliphatic carbocycles. The predicted molar refractivity (Wildman–Crippen MR) is 120 cm³/mol. The van der Waals surface area contributed by atoms with Gasteiger partial charge in [-0.15, -0.1) is 0 Å². The van der Waals surface area contributed by atoms with Crippen LogP contribution in [0, 0.1) is 11.3 Å². The molecule has 0 bridgehead atoms. The smallest absolute Gasteiger partial charge is 0.315 e. The van der Waals surface area contributed by atoms with Gasteiger partial charge in [0.2, 0.25) is 0 Å². The Hall–Kier alpha value is -2.63. The van der Waals surface area contributed by atoms with Crippen LogP contribution >= 0.6 is 0 Å². The fourth-order valence-electron chi connectivity index (χ4n) is 4.51. The Morgan fingerprint density at radius 1 is 1.26 bits per heavy atom. The van der Waals surface area contributed by atoms with Crippen LogP contribution in [0.2, 0.25) is 0 Å². The minimum atomic E-state index is -0.681. The van der Waals surface area contributed by atoms with Gasteiger partial charge >= 0.3 is 5.97 Å². The van der Waals surface area contributed by atoms with Gasteiger partial charge in [-0.3, -0.25) is 14.6 Å². The quantitative estimate of drug-likeness (QED) is 0.491. The number of phenolic OH excluding ortho intramolecular Hbond substituents is 1. The molecule has 2 aliphatic rings.